The highest BCUT2D eigenvalue weighted by Crippen LogP contribution is 2.26. The molecule has 2 rings (SSSR count). The summed E-state index contributed by atoms with van der Waals surface area (Å²) in [5.74, 6) is -0.0541. The molecule has 4 nitrogen and oxygen atoms in total. The molecule has 0 aromatic rings. The highest BCUT2D eigenvalue weighted by atomic mass is 16.5. The average molecular weight is 252 g/mol. The van der Waals surface area contributed by atoms with Gasteiger partial charge in [0.05, 0.1) is 12.7 Å². The van der Waals surface area contributed by atoms with Gasteiger partial charge in [-0.3, -0.25) is 0 Å². The smallest absolute Gasteiger partial charge is 0.331 e. The largest absolute Gasteiger partial charge is 0.494 e. The molecule has 0 saturated heterocycles. The van der Waals surface area contributed by atoms with E-state index in [1.54, 1.807) is 6.08 Å². The molecule has 2 aliphatic carbocycles. The molecule has 2 unspecified atom stereocenters. The first-order valence-electron chi connectivity index (χ1n) is 6.61. The van der Waals surface area contributed by atoms with Crippen molar-refractivity contribution in [1.29, 1.82) is 0 Å². The van der Waals surface area contributed by atoms with E-state index in [9.17, 15) is 9.90 Å². The van der Waals surface area contributed by atoms with Crippen molar-refractivity contribution in [2.75, 3.05) is 6.61 Å². The molecule has 1 fully saturated rings. The van der Waals surface area contributed by atoms with Gasteiger partial charge >= 0.3 is 5.97 Å². The molecule has 100 valence electrons. The predicted molar refractivity (Wildman–Crippen MR) is 67.0 cm³/mol. The summed E-state index contributed by atoms with van der Waals surface area (Å²) in [5, 5.41) is 18.8. The normalized spacial score (nSPS) is 28.3. The second-order valence-corrected chi connectivity index (χ2v) is 5.04. The van der Waals surface area contributed by atoms with Crippen molar-refractivity contribution in [2.24, 2.45) is 5.92 Å². The third kappa shape index (κ3) is 3.35. The van der Waals surface area contributed by atoms with Gasteiger partial charge in [0.25, 0.3) is 0 Å². The van der Waals surface area contributed by atoms with E-state index in [4.69, 9.17) is 9.84 Å². The minimum absolute atomic E-state index is 0.184. The fourth-order valence-corrected chi connectivity index (χ4v) is 2.53. The van der Waals surface area contributed by atoms with Crippen molar-refractivity contribution in [3.05, 3.63) is 23.5 Å². The number of carboxylic acid groups (broad SMARTS) is 1. The summed E-state index contributed by atoms with van der Waals surface area (Å²) in [6.45, 7) is 0.483. The van der Waals surface area contributed by atoms with Gasteiger partial charge in [-0.2, -0.15) is 0 Å². The number of carboxylic acids is 1. The van der Waals surface area contributed by atoms with Crippen molar-refractivity contribution in [3.8, 4) is 0 Å². The number of hydrogen-bond donors (Lipinski definition) is 2. The number of ether oxygens (including phenoxy) is 1. The van der Waals surface area contributed by atoms with E-state index in [0.717, 1.165) is 25.7 Å². The van der Waals surface area contributed by atoms with Crippen LogP contribution in [0, 0.1) is 5.92 Å². The monoisotopic (exact) mass is 252 g/mol. The van der Waals surface area contributed by atoms with Crippen LogP contribution in [0.3, 0.4) is 0 Å². The average Bonchev–Trinajstić information content (AvgIpc) is 2.38. The number of allylic oxidation sites excluding steroid dienone is 2. The molecule has 0 radical (unpaired) electrons. The van der Waals surface area contributed by atoms with Gasteiger partial charge in [-0.25, -0.2) is 4.79 Å². The number of rotatable bonds is 4. The Bertz CT molecular complexity index is 370. The highest BCUT2D eigenvalue weighted by molar-refractivity contribution is 5.87. The van der Waals surface area contributed by atoms with Crippen LogP contribution in [0.2, 0.25) is 0 Å². The maximum Gasteiger partial charge on any atom is 0.331 e. The molecule has 2 atom stereocenters. The first kappa shape index (κ1) is 13.1. The molecule has 18 heavy (non-hydrogen) atoms. The van der Waals surface area contributed by atoms with Crippen LogP contribution in [-0.2, 0) is 9.53 Å². The summed E-state index contributed by atoms with van der Waals surface area (Å²) in [6.07, 6.45) is 8.58. The Morgan fingerprint density at radius 2 is 2.17 bits per heavy atom. The van der Waals surface area contributed by atoms with Crippen LogP contribution < -0.4 is 0 Å². The Kier molecular flexibility index (Phi) is 4.42. The van der Waals surface area contributed by atoms with E-state index in [0.29, 0.717) is 30.8 Å². The maximum atomic E-state index is 10.9. The summed E-state index contributed by atoms with van der Waals surface area (Å²) < 4.78 is 5.63. The van der Waals surface area contributed by atoms with Crippen LogP contribution in [-0.4, -0.2) is 28.9 Å². The lowest BCUT2D eigenvalue weighted by atomic mass is 9.87. The van der Waals surface area contributed by atoms with Crippen LogP contribution in [0.25, 0.3) is 0 Å². The molecule has 2 aliphatic rings. The second-order valence-electron chi connectivity index (χ2n) is 5.04. The van der Waals surface area contributed by atoms with Crippen LogP contribution >= 0.6 is 0 Å². The molecule has 0 spiro atoms. The van der Waals surface area contributed by atoms with Crippen LogP contribution in [0.15, 0.2) is 23.5 Å². The molecule has 0 aromatic heterocycles. The van der Waals surface area contributed by atoms with Crippen molar-refractivity contribution in [2.45, 2.75) is 44.6 Å². The SMILES string of the molecule is O=C(O)C1=CC(OCC2CCCCC2O)=CCC1. The molecule has 0 bridgehead atoms. The number of aliphatic carboxylic acids is 1. The van der Waals surface area contributed by atoms with Gasteiger partial charge in [-0.05, 0) is 37.8 Å². The van der Waals surface area contributed by atoms with Gasteiger partial charge in [0.2, 0.25) is 0 Å². The van der Waals surface area contributed by atoms with Gasteiger partial charge in [-0.15, -0.1) is 0 Å². The van der Waals surface area contributed by atoms with Crippen LogP contribution in [0.4, 0.5) is 0 Å². The minimum atomic E-state index is -0.873. The van der Waals surface area contributed by atoms with E-state index < -0.39 is 5.97 Å². The van der Waals surface area contributed by atoms with Crippen molar-refractivity contribution in [1.82, 2.24) is 0 Å². The summed E-state index contributed by atoms with van der Waals surface area (Å²) >= 11 is 0. The Morgan fingerprint density at radius 3 is 2.89 bits per heavy atom. The lowest BCUT2D eigenvalue weighted by molar-refractivity contribution is -0.132. The van der Waals surface area contributed by atoms with E-state index in [1.165, 1.54) is 0 Å². The quantitative estimate of drug-likeness (QED) is 0.805. The fraction of sp³-hybridized carbons (Fsp3) is 0.643. The summed E-state index contributed by atoms with van der Waals surface area (Å²) in [4.78, 5) is 10.9. The van der Waals surface area contributed by atoms with E-state index in [-0.39, 0.29) is 12.0 Å². The third-order valence-corrected chi connectivity index (χ3v) is 3.68. The summed E-state index contributed by atoms with van der Waals surface area (Å²) in [7, 11) is 0. The standard InChI is InChI=1S/C14H20O4/c15-13-7-2-1-4-11(13)9-18-12-6-3-5-10(8-12)14(16)17/h6,8,11,13,15H,1-5,7,9H2,(H,16,17). The Labute approximate surface area is 107 Å². The van der Waals surface area contributed by atoms with Crippen molar-refractivity contribution < 1.29 is 19.7 Å². The second kappa shape index (κ2) is 6.05. The van der Waals surface area contributed by atoms with Gasteiger partial charge in [0.15, 0.2) is 0 Å². The lowest BCUT2D eigenvalue weighted by Crippen LogP contribution is -2.28. The fourth-order valence-electron chi connectivity index (χ4n) is 2.53. The molecule has 1 saturated carbocycles. The number of aliphatic hydroxyl groups excluding tert-OH is 1. The molecule has 0 aliphatic heterocycles. The van der Waals surface area contributed by atoms with Crippen molar-refractivity contribution in [3.63, 3.8) is 0 Å². The molecule has 0 amide bonds. The Hall–Kier alpha value is -1.29. The Morgan fingerprint density at radius 1 is 1.39 bits per heavy atom. The first-order valence-corrected chi connectivity index (χ1v) is 6.61. The topological polar surface area (TPSA) is 66.8 Å². The summed E-state index contributed by atoms with van der Waals surface area (Å²) in [6, 6.07) is 0. The summed E-state index contributed by atoms with van der Waals surface area (Å²) in [5.41, 5.74) is 0.400. The van der Waals surface area contributed by atoms with E-state index in [2.05, 4.69) is 0 Å². The van der Waals surface area contributed by atoms with Gasteiger partial charge in [0, 0.05) is 11.5 Å². The maximum absolute atomic E-state index is 10.9. The van der Waals surface area contributed by atoms with Gasteiger partial charge in [0.1, 0.15) is 5.76 Å². The minimum Gasteiger partial charge on any atom is -0.494 e. The van der Waals surface area contributed by atoms with Gasteiger partial charge < -0.3 is 14.9 Å². The Balaban J connectivity index is 1.86. The molecule has 4 heteroatoms. The molecular weight excluding hydrogens is 232 g/mol. The zero-order chi connectivity index (χ0) is 13.0. The predicted octanol–water partition coefficient (Wildman–Crippen LogP) is 2.24. The van der Waals surface area contributed by atoms with Crippen molar-refractivity contribution >= 4 is 5.97 Å². The molecular formula is C14H20O4. The number of aliphatic hydroxyl groups is 1. The molecule has 0 aromatic carbocycles. The third-order valence-electron chi connectivity index (χ3n) is 3.68. The number of carbonyl (C=O) groups is 1. The lowest BCUT2D eigenvalue weighted by Gasteiger charge is -2.27. The highest BCUT2D eigenvalue weighted by Gasteiger charge is 2.24. The zero-order valence-corrected chi connectivity index (χ0v) is 10.5. The van der Waals surface area contributed by atoms with Crippen LogP contribution in [0.5, 0.6) is 0 Å². The molecule has 0 heterocycles. The molecule has 2 N–H and O–H groups in total. The van der Waals surface area contributed by atoms with E-state index >= 15 is 0 Å². The zero-order valence-electron chi connectivity index (χ0n) is 10.5. The van der Waals surface area contributed by atoms with Gasteiger partial charge in [-0.1, -0.05) is 12.8 Å². The first-order chi connectivity index (χ1) is 8.66. The number of hydrogen-bond acceptors (Lipinski definition) is 3. The van der Waals surface area contributed by atoms with E-state index in [1.807, 2.05) is 6.08 Å². The van der Waals surface area contributed by atoms with Crippen LogP contribution in [0.1, 0.15) is 38.5 Å².